The fourth-order valence-electron chi connectivity index (χ4n) is 4.43. The van der Waals surface area contributed by atoms with E-state index in [4.69, 9.17) is 52.6 Å². The molecule has 0 amide bonds. The SMILES string of the molecule is COc1cc(C2C(C#N)=C(N)Oc3cc(OC(=O)COc4ccccc4Cl)ccc32)ccc1OCc1ccc(Cl)cc1. The summed E-state index contributed by atoms with van der Waals surface area (Å²) in [6.07, 6.45) is 0. The maximum atomic E-state index is 12.4. The second kappa shape index (κ2) is 12.8. The molecule has 1 aliphatic heterocycles. The predicted molar refractivity (Wildman–Crippen MR) is 157 cm³/mol. The Morgan fingerprint density at radius 2 is 1.74 bits per heavy atom. The maximum absolute atomic E-state index is 12.4. The minimum Gasteiger partial charge on any atom is -0.493 e. The van der Waals surface area contributed by atoms with Crippen LogP contribution in [0, 0.1) is 11.3 Å². The lowest BCUT2D eigenvalue weighted by atomic mass is 9.83. The molecule has 0 saturated carbocycles. The van der Waals surface area contributed by atoms with Gasteiger partial charge >= 0.3 is 5.97 Å². The van der Waals surface area contributed by atoms with Crippen LogP contribution in [0.1, 0.15) is 22.6 Å². The number of nitrogens with zero attached hydrogens (tertiary/aromatic N) is 1. The Bertz CT molecular complexity index is 1700. The van der Waals surface area contributed by atoms with Gasteiger partial charge in [-0.2, -0.15) is 5.26 Å². The Balaban J connectivity index is 1.36. The molecule has 1 atom stereocenters. The van der Waals surface area contributed by atoms with Crippen LogP contribution in [0.3, 0.4) is 0 Å². The van der Waals surface area contributed by atoms with E-state index < -0.39 is 11.9 Å². The number of hydrogen-bond acceptors (Lipinski definition) is 8. The van der Waals surface area contributed by atoms with Gasteiger partial charge < -0.3 is 29.4 Å². The van der Waals surface area contributed by atoms with Gasteiger partial charge in [0.2, 0.25) is 5.88 Å². The zero-order valence-electron chi connectivity index (χ0n) is 22.3. The lowest BCUT2D eigenvalue weighted by molar-refractivity contribution is -0.136. The molecule has 2 N–H and O–H groups in total. The highest BCUT2D eigenvalue weighted by Gasteiger charge is 2.32. The largest absolute Gasteiger partial charge is 0.493 e. The van der Waals surface area contributed by atoms with Crippen LogP contribution in [0.5, 0.6) is 28.7 Å². The van der Waals surface area contributed by atoms with Crippen molar-refractivity contribution in [2.24, 2.45) is 5.73 Å². The molecule has 0 aromatic heterocycles. The van der Waals surface area contributed by atoms with Crippen molar-refractivity contribution >= 4 is 29.2 Å². The van der Waals surface area contributed by atoms with E-state index in [1.54, 1.807) is 60.7 Å². The number of methoxy groups -OCH3 is 1. The van der Waals surface area contributed by atoms with Crippen LogP contribution in [0.15, 0.2) is 96.4 Å². The zero-order chi connectivity index (χ0) is 29.6. The van der Waals surface area contributed by atoms with Gasteiger partial charge in [-0.05, 0) is 53.6 Å². The van der Waals surface area contributed by atoms with E-state index in [9.17, 15) is 10.1 Å². The van der Waals surface area contributed by atoms with E-state index in [0.717, 1.165) is 11.1 Å². The van der Waals surface area contributed by atoms with Crippen LogP contribution in [-0.2, 0) is 11.4 Å². The number of nitrogens with two attached hydrogens (primary N) is 1. The van der Waals surface area contributed by atoms with Crippen LogP contribution in [0.2, 0.25) is 10.0 Å². The topological polar surface area (TPSA) is 113 Å². The molecule has 1 aliphatic rings. The van der Waals surface area contributed by atoms with Gasteiger partial charge in [0.15, 0.2) is 18.1 Å². The number of allylic oxidation sites excluding steroid dienone is 1. The standard InChI is InChI=1S/C32H24Cl2N2O6/c1-38-29-14-20(8-13-27(29)39-17-19-6-9-21(33)10-7-19)31-23-12-11-22(15-28(23)42-32(36)24(31)16-35)41-30(37)18-40-26-5-3-2-4-25(26)34/h2-15,31H,17-18,36H2,1H3. The number of nitriles is 1. The average molecular weight is 603 g/mol. The first-order valence-electron chi connectivity index (χ1n) is 12.7. The van der Waals surface area contributed by atoms with Gasteiger partial charge in [-0.3, -0.25) is 0 Å². The van der Waals surface area contributed by atoms with E-state index in [0.29, 0.717) is 45.2 Å². The minimum absolute atomic E-state index is 0.0532. The quantitative estimate of drug-likeness (QED) is 0.165. The first kappa shape index (κ1) is 28.7. The van der Waals surface area contributed by atoms with Crippen molar-refractivity contribution in [2.45, 2.75) is 12.5 Å². The third-order valence-electron chi connectivity index (χ3n) is 6.43. The van der Waals surface area contributed by atoms with Gasteiger partial charge in [-0.1, -0.05) is 59.6 Å². The summed E-state index contributed by atoms with van der Waals surface area (Å²) in [7, 11) is 1.54. The molecular weight excluding hydrogens is 579 g/mol. The van der Waals surface area contributed by atoms with E-state index in [-0.39, 0.29) is 23.8 Å². The number of halogens is 2. The van der Waals surface area contributed by atoms with E-state index >= 15 is 0 Å². The molecule has 8 nitrogen and oxygen atoms in total. The molecular formula is C32H24Cl2N2O6. The summed E-state index contributed by atoms with van der Waals surface area (Å²) in [5, 5.41) is 11.0. The van der Waals surface area contributed by atoms with Crippen molar-refractivity contribution in [3.63, 3.8) is 0 Å². The molecule has 0 aliphatic carbocycles. The number of carbonyl (C=O) groups is 1. The number of ether oxygens (including phenoxy) is 5. The van der Waals surface area contributed by atoms with Gasteiger partial charge in [0.25, 0.3) is 0 Å². The normalized spacial score (nSPS) is 13.8. The Morgan fingerprint density at radius 1 is 0.952 bits per heavy atom. The smallest absolute Gasteiger partial charge is 0.349 e. The third kappa shape index (κ3) is 6.39. The summed E-state index contributed by atoms with van der Waals surface area (Å²) >= 11 is 12.0. The second-order valence-electron chi connectivity index (χ2n) is 9.14. The number of fused-ring (bicyclic) bond motifs is 1. The predicted octanol–water partition coefficient (Wildman–Crippen LogP) is 6.78. The Morgan fingerprint density at radius 3 is 2.48 bits per heavy atom. The third-order valence-corrected chi connectivity index (χ3v) is 7.00. The highest BCUT2D eigenvalue weighted by atomic mass is 35.5. The second-order valence-corrected chi connectivity index (χ2v) is 9.99. The highest BCUT2D eigenvalue weighted by molar-refractivity contribution is 6.32. The van der Waals surface area contributed by atoms with Crippen LogP contribution < -0.4 is 29.4 Å². The summed E-state index contributed by atoms with van der Waals surface area (Å²) in [5.41, 5.74) is 8.73. The maximum Gasteiger partial charge on any atom is 0.349 e. The van der Waals surface area contributed by atoms with E-state index in [2.05, 4.69) is 6.07 Å². The fraction of sp³-hybridized carbons (Fsp3) is 0.125. The van der Waals surface area contributed by atoms with Crippen LogP contribution in [0.25, 0.3) is 0 Å². The number of benzene rings is 4. The molecule has 1 unspecified atom stereocenters. The highest BCUT2D eigenvalue weighted by Crippen LogP contribution is 2.45. The molecule has 10 heteroatoms. The number of carbonyl (C=O) groups excluding carboxylic acids is 1. The van der Waals surface area contributed by atoms with Crippen molar-refractivity contribution in [3.05, 3.63) is 123 Å². The Labute approximate surface area is 252 Å². The van der Waals surface area contributed by atoms with Crippen molar-refractivity contribution in [1.82, 2.24) is 0 Å². The Kier molecular flexibility index (Phi) is 8.72. The monoisotopic (exact) mass is 602 g/mol. The molecule has 4 aromatic rings. The first-order valence-corrected chi connectivity index (χ1v) is 13.5. The summed E-state index contributed by atoms with van der Waals surface area (Å²) < 4.78 is 28.2. The molecule has 212 valence electrons. The van der Waals surface area contributed by atoms with Crippen LogP contribution >= 0.6 is 23.2 Å². The number of para-hydroxylation sites is 1. The van der Waals surface area contributed by atoms with E-state index in [1.165, 1.54) is 13.2 Å². The summed E-state index contributed by atoms with van der Waals surface area (Å²) in [6, 6.07) is 26.6. The van der Waals surface area contributed by atoms with Crippen molar-refractivity contribution in [1.29, 1.82) is 5.26 Å². The van der Waals surface area contributed by atoms with Gasteiger partial charge in [0.1, 0.15) is 35.5 Å². The summed E-state index contributed by atoms with van der Waals surface area (Å²) in [4.78, 5) is 12.4. The molecule has 5 rings (SSSR count). The summed E-state index contributed by atoms with van der Waals surface area (Å²) in [6.45, 7) is -0.0364. The fourth-order valence-corrected chi connectivity index (χ4v) is 4.74. The molecule has 0 saturated heterocycles. The lowest BCUT2D eigenvalue weighted by Crippen LogP contribution is -2.22. The van der Waals surface area contributed by atoms with Gasteiger partial charge in [-0.15, -0.1) is 0 Å². The molecule has 42 heavy (non-hydrogen) atoms. The van der Waals surface area contributed by atoms with Crippen molar-refractivity contribution < 1.29 is 28.5 Å². The molecule has 0 radical (unpaired) electrons. The van der Waals surface area contributed by atoms with Crippen molar-refractivity contribution in [3.8, 4) is 34.8 Å². The molecule has 1 heterocycles. The van der Waals surface area contributed by atoms with Crippen molar-refractivity contribution in [2.75, 3.05) is 13.7 Å². The van der Waals surface area contributed by atoms with Gasteiger partial charge in [0.05, 0.1) is 18.1 Å². The lowest BCUT2D eigenvalue weighted by Gasteiger charge is -2.27. The minimum atomic E-state index is -0.637. The van der Waals surface area contributed by atoms with E-state index in [1.807, 2.05) is 18.2 Å². The van der Waals surface area contributed by atoms with Gasteiger partial charge in [0, 0.05) is 16.7 Å². The number of esters is 1. The number of rotatable bonds is 9. The molecule has 0 fully saturated rings. The van der Waals surface area contributed by atoms with Crippen LogP contribution in [-0.4, -0.2) is 19.7 Å². The first-order chi connectivity index (χ1) is 20.4. The zero-order valence-corrected chi connectivity index (χ0v) is 23.8. The molecule has 4 aromatic carbocycles. The molecule has 0 bridgehead atoms. The Hall–Kier alpha value is -4.84. The molecule has 0 spiro atoms. The average Bonchev–Trinajstić information content (AvgIpc) is 2.99. The number of hydrogen-bond donors (Lipinski definition) is 1. The summed E-state index contributed by atoms with van der Waals surface area (Å²) in [5.74, 6) is 0.685. The van der Waals surface area contributed by atoms with Gasteiger partial charge in [-0.25, -0.2) is 4.79 Å². The van der Waals surface area contributed by atoms with Crippen LogP contribution in [0.4, 0.5) is 0 Å².